The number of nitrogens with zero attached hydrogens (tertiary/aromatic N) is 1. The van der Waals surface area contributed by atoms with E-state index < -0.39 is 0 Å². The molecule has 1 heterocycles. The largest absolute Gasteiger partial charge is 0.395 e. The SMILES string of the molecule is CC1OCCC1N(C)C(CO)C(N)C(C)(C)C. The van der Waals surface area contributed by atoms with E-state index in [4.69, 9.17) is 10.5 Å². The zero-order valence-corrected chi connectivity index (χ0v) is 11.8. The second kappa shape index (κ2) is 5.65. The average molecular weight is 244 g/mol. The van der Waals surface area contributed by atoms with Gasteiger partial charge < -0.3 is 15.6 Å². The van der Waals surface area contributed by atoms with Gasteiger partial charge in [-0.3, -0.25) is 4.90 Å². The van der Waals surface area contributed by atoms with E-state index in [2.05, 4.69) is 32.6 Å². The second-order valence-electron chi connectivity index (χ2n) is 6.24. The lowest BCUT2D eigenvalue weighted by Crippen LogP contribution is -2.58. The van der Waals surface area contributed by atoms with Crippen LogP contribution in [0, 0.1) is 5.41 Å². The molecule has 1 aliphatic heterocycles. The summed E-state index contributed by atoms with van der Waals surface area (Å²) in [5.41, 5.74) is 6.27. The fraction of sp³-hybridized carbons (Fsp3) is 1.00. The summed E-state index contributed by atoms with van der Waals surface area (Å²) in [6, 6.07) is 0.301. The third-order valence-electron chi connectivity index (χ3n) is 3.98. The molecule has 0 radical (unpaired) electrons. The van der Waals surface area contributed by atoms with Crippen LogP contribution < -0.4 is 5.73 Å². The highest BCUT2D eigenvalue weighted by atomic mass is 16.5. The van der Waals surface area contributed by atoms with Crippen LogP contribution in [0.25, 0.3) is 0 Å². The molecule has 0 amide bonds. The second-order valence-corrected chi connectivity index (χ2v) is 6.24. The molecule has 0 bridgehead atoms. The Hall–Kier alpha value is -0.160. The zero-order chi connectivity index (χ0) is 13.2. The molecule has 0 spiro atoms. The fourth-order valence-corrected chi connectivity index (χ4v) is 2.57. The van der Waals surface area contributed by atoms with Gasteiger partial charge >= 0.3 is 0 Å². The smallest absolute Gasteiger partial charge is 0.0703 e. The summed E-state index contributed by atoms with van der Waals surface area (Å²) < 4.78 is 5.58. The van der Waals surface area contributed by atoms with E-state index in [1.54, 1.807) is 0 Å². The van der Waals surface area contributed by atoms with Crippen molar-refractivity contribution in [3.63, 3.8) is 0 Å². The predicted molar refractivity (Wildman–Crippen MR) is 69.9 cm³/mol. The molecule has 0 aliphatic carbocycles. The van der Waals surface area contributed by atoms with E-state index in [1.165, 1.54) is 0 Å². The molecule has 1 aliphatic rings. The highest BCUT2D eigenvalue weighted by Gasteiger charge is 2.37. The Morgan fingerprint density at radius 1 is 1.47 bits per heavy atom. The van der Waals surface area contributed by atoms with Gasteiger partial charge in [0, 0.05) is 24.7 Å². The number of aliphatic hydroxyl groups excluding tert-OH is 1. The molecule has 0 saturated carbocycles. The van der Waals surface area contributed by atoms with Crippen molar-refractivity contribution in [3.05, 3.63) is 0 Å². The highest BCUT2D eigenvalue weighted by Crippen LogP contribution is 2.26. The van der Waals surface area contributed by atoms with Crippen molar-refractivity contribution in [2.75, 3.05) is 20.3 Å². The first kappa shape index (κ1) is 14.9. The number of hydrogen-bond acceptors (Lipinski definition) is 4. The Morgan fingerprint density at radius 3 is 2.41 bits per heavy atom. The minimum Gasteiger partial charge on any atom is -0.395 e. The van der Waals surface area contributed by atoms with Gasteiger partial charge in [0.15, 0.2) is 0 Å². The summed E-state index contributed by atoms with van der Waals surface area (Å²) in [7, 11) is 2.04. The van der Waals surface area contributed by atoms with Crippen molar-refractivity contribution in [3.8, 4) is 0 Å². The number of ether oxygens (including phenoxy) is 1. The minimum atomic E-state index is -0.0506. The topological polar surface area (TPSA) is 58.7 Å². The van der Waals surface area contributed by atoms with Crippen LogP contribution in [0.1, 0.15) is 34.1 Å². The summed E-state index contributed by atoms with van der Waals surface area (Å²) in [6.45, 7) is 9.33. The Bertz CT molecular complexity index is 240. The quantitative estimate of drug-likeness (QED) is 0.769. The average Bonchev–Trinajstić information content (AvgIpc) is 2.63. The van der Waals surface area contributed by atoms with Crippen LogP contribution in [0.4, 0.5) is 0 Å². The molecule has 1 saturated heterocycles. The first-order valence-electron chi connectivity index (χ1n) is 6.49. The molecule has 0 aromatic rings. The van der Waals surface area contributed by atoms with Crippen molar-refractivity contribution in [1.82, 2.24) is 4.90 Å². The molecular formula is C13H28N2O2. The molecule has 4 atom stereocenters. The van der Waals surface area contributed by atoms with Gasteiger partial charge in [0.2, 0.25) is 0 Å². The molecule has 1 fully saturated rings. The number of hydrogen-bond donors (Lipinski definition) is 2. The fourth-order valence-electron chi connectivity index (χ4n) is 2.57. The molecule has 4 nitrogen and oxygen atoms in total. The van der Waals surface area contributed by atoms with E-state index in [0.717, 1.165) is 13.0 Å². The van der Waals surface area contributed by atoms with Crippen molar-refractivity contribution in [2.24, 2.45) is 11.1 Å². The van der Waals surface area contributed by atoms with Crippen LogP contribution in [0.15, 0.2) is 0 Å². The van der Waals surface area contributed by atoms with Crippen molar-refractivity contribution >= 4 is 0 Å². The van der Waals surface area contributed by atoms with Gasteiger partial charge in [-0.2, -0.15) is 0 Å². The Kier molecular flexibility index (Phi) is 4.95. The molecular weight excluding hydrogens is 216 g/mol. The maximum absolute atomic E-state index is 9.61. The van der Waals surface area contributed by atoms with E-state index in [9.17, 15) is 5.11 Å². The van der Waals surface area contributed by atoms with Gasteiger partial charge in [-0.15, -0.1) is 0 Å². The molecule has 1 rings (SSSR count). The normalized spacial score (nSPS) is 29.6. The van der Waals surface area contributed by atoms with Gasteiger partial charge in [0.05, 0.1) is 12.7 Å². The van der Waals surface area contributed by atoms with E-state index in [0.29, 0.717) is 6.04 Å². The maximum Gasteiger partial charge on any atom is 0.0703 e. The summed E-state index contributed by atoms with van der Waals surface area (Å²) in [5, 5.41) is 9.61. The molecule has 4 unspecified atom stereocenters. The van der Waals surface area contributed by atoms with Gasteiger partial charge in [-0.25, -0.2) is 0 Å². The van der Waals surface area contributed by atoms with Gasteiger partial charge in [0.1, 0.15) is 0 Å². The first-order chi connectivity index (χ1) is 7.79. The van der Waals surface area contributed by atoms with Crippen molar-refractivity contribution < 1.29 is 9.84 Å². The monoisotopic (exact) mass is 244 g/mol. The number of rotatable bonds is 4. The lowest BCUT2D eigenvalue weighted by molar-refractivity contribution is 0.0269. The highest BCUT2D eigenvalue weighted by molar-refractivity contribution is 4.93. The summed E-state index contributed by atoms with van der Waals surface area (Å²) >= 11 is 0. The lowest BCUT2D eigenvalue weighted by atomic mass is 9.82. The molecule has 0 aromatic carbocycles. The molecule has 3 N–H and O–H groups in total. The Labute approximate surface area is 105 Å². The predicted octanol–water partition coefficient (Wildman–Crippen LogP) is 0.830. The summed E-state index contributed by atoms with van der Waals surface area (Å²) in [6.07, 6.45) is 1.24. The molecule has 4 heteroatoms. The first-order valence-corrected chi connectivity index (χ1v) is 6.49. The molecule has 17 heavy (non-hydrogen) atoms. The van der Waals surface area contributed by atoms with E-state index in [1.807, 2.05) is 7.05 Å². The van der Waals surface area contributed by atoms with E-state index >= 15 is 0 Å². The number of aliphatic hydroxyl groups is 1. The lowest BCUT2D eigenvalue weighted by Gasteiger charge is -2.41. The Balaban J connectivity index is 2.73. The van der Waals surface area contributed by atoms with Crippen LogP contribution in [0.2, 0.25) is 0 Å². The Morgan fingerprint density at radius 2 is 2.06 bits per heavy atom. The number of nitrogens with two attached hydrogens (primary N) is 1. The van der Waals surface area contributed by atoms with Crippen molar-refractivity contribution in [2.45, 2.75) is 58.3 Å². The molecule has 102 valence electrons. The molecule has 0 aromatic heterocycles. The van der Waals surface area contributed by atoms with E-state index in [-0.39, 0.29) is 30.2 Å². The third kappa shape index (κ3) is 3.41. The van der Waals surface area contributed by atoms with Crippen LogP contribution in [0.3, 0.4) is 0 Å². The zero-order valence-electron chi connectivity index (χ0n) is 11.8. The van der Waals surface area contributed by atoms with Crippen molar-refractivity contribution in [1.29, 1.82) is 0 Å². The van der Waals surface area contributed by atoms with Gasteiger partial charge in [-0.1, -0.05) is 20.8 Å². The van der Waals surface area contributed by atoms with Crippen LogP contribution in [0.5, 0.6) is 0 Å². The summed E-state index contributed by atoms with van der Waals surface area (Å²) in [4.78, 5) is 2.20. The standard InChI is InChI=1S/C13H28N2O2/c1-9-10(6-7-17-9)15(5)11(8-16)12(14)13(2,3)4/h9-12,16H,6-8,14H2,1-5H3. The van der Waals surface area contributed by atoms with Crippen LogP contribution in [-0.4, -0.2) is 54.5 Å². The maximum atomic E-state index is 9.61. The van der Waals surface area contributed by atoms with Gasteiger partial charge in [-0.05, 0) is 25.8 Å². The van der Waals surface area contributed by atoms with Crippen LogP contribution in [-0.2, 0) is 4.74 Å². The minimum absolute atomic E-state index is 0.00957. The van der Waals surface area contributed by atoms with Crippen LogP contribution >= 0.6 is 0 Å². The summed E-state index contributed by atoms with van der Waals surface area (Å²) in [5.74, 6) is 0. The third-order valence-corrected chi connectivity index (χ3v) is 3.98. The van der Waals surface area contributed by atoms with Gasteiger partial charge in [0.25, 0.3) is 0 Å². The number of likely N-dealkylation sites (N-methyl/N-ethyl adjacent to an activating group) is 1.